The van der Waals surface area contributed by atoms with Gasteiger partial charge in [0.2, 0.25) is 0 Å². The molecular weight excluding hydrogens is 266 g/mol. The summed E-state index contributed by atoms with van der Waals surface area (Å²) in [6, 6.07) is 0. The third kappa shape index (κ3) is 2.14. The number of nitrogens with one attached hydrogen (secondary N) is 1. The summed E-state index contributed by atoms with van der Waals surface area (Å²) in [6.45, 7) is 5.74. The van der Waals surface area contributed by atoms with Crippen LogP contribution < -0.4 is 0 Å². The zero-order valence-corrected chi connectivity index (χ0v) is 13.3. The van der Waals surface area contributed by atoms with Crippen LogP contribution in [-0.4, -0.2) is 28.5 Å². The molecule has 21 heavy (non-hydrogen) atoms. The predicted octanol–water partition coefficient (Wildman–Crippen LogP) is 2.93. The molecule has 0 aliphatic heterocycles. The second-order valence-electron chi connectivity index (χ2n) is 8.06. The van der Waals surface area contributed by atoms with Gasteiger partial charge in [0.1, 0.15) is 5.60 Å². The van der Waals surface area contributed by atoms with Crippen molar-refractivity contribution >= 4 is 12.2 Å². The number of ether oxygens (including phenoxy) is 1. The first-order chi connectivity index (χ1) is 9.74. The van der Waals surface area contributed by atoms with Gasteiger partial charge >= 0.3 is 5.97 Å². The molecule has 4 fully saturated rings. The zero-order valence-electron chi connectivity index (χ0n) is 13.3. The second-order valence-corrected chi connectivity index (χ2v) is 8.06. The van der Waals surface area contributed by atoms with E-state index in [1.54, 1.807) is 6.92 Å². The van der Waals surface area contributed by atoms with Crippen molar-refractivity contribution in [3.63, 3.8) is 0 Å². The minimum atomic E-state index is -0.825. The van der Waals surface area contributed by atoms with Crippen LogP contribution in [0.5, 0.6) is 0 Å². The number of carbonyl (C=O) groups excluding carboxylic acids is 1. The van der Waals surface area contributed by atoms with Crippen LogP contribution in [0.4, 0.5) is 0 Å². The molecule has 0 saturated heterocycles. The Balaban J connectivity index is 1.82. The quantitative estimate of drug-likeness (QED) is 0.618. The van der Waals surface area contributed by atoms with Crippen molar-refractivity contribution in [2.24, 2.45) is 23.2 Å². The van der Waals surface area contributed by atoms with Gasteiger partial charge < -0.3 is 15.3 Å². The molecule has 2 N–H and O–H groups in total. The molecule has 4 nitrogen and oxygen atoms in total. The Bertz CT molecular complexity index is 459. The van der Waals surface area contributed by atoms with Crippen LogP contribution in [0.15, 0.2) is 0 Å². The van der Waals surface area contributed by atoms with E-state index in [2.05, 4.69) is 6.92 Å². The number of aliphatic hydroxyl groups is 1. The van der Waals surface area contributed by atoms with Crippen molar-refractivity contribution < 1.29 is 14.6 Å². The van der Waals surface area contributed by atoms with Gasteiger partial charge in [-0.05, 0) is 58.3 Å². The molecule has 6 atom stereocenters. The molecule has 0 heterocycles. The van der Waals surface area contributed by atoms with Gasteiger partial charge in [-0.25, -0.2) is 0 Å². The average molecular weight is 293 g/mol. The molecule has 0 amide bonds. The van der Waals surface area contributed by atoms with Crippen molar-refractivity contribution in [1.82, 2.24) is 0 Å². The molecule has 4 bridgehead atoms. The highest BCUT2D eigenvalue weighted by Gasteiger charge is 2.62. The molecule has 0 aromatic heterocycles. The molecular formula is C17H27NO3. The summed E-state index contributed by atoms with van der Waals surface area (Å²) < 4.78 is 6.01. The molecule has 4 rings (SSSR count). The van der Waals surface area contributed by atoms with E-state index in [4.69, 9.17) is 10.1 Å². The van der Waals surface area contributed by atoms with E-state index in [0.717, 1.165) is 32.1 Å². The summed E-state index contributed by atoms with van der Waals surface area (Å²) in [5.74, 6) is 0.857. The van der Waals surface area contributed by atoms with Crippen molar-refractivity contribution in [3.05, 3.63) is 0 Å². The predicted molar refractivity (Wildman–Crippen MR) is 80.2 cm³/mol. The van der Waals surface area contributed by atoms with Crippen LogP contribution in [0.25, 0.3) is 0 Å². The Morgan fingerprint density at radius 1 is 1.38 bits per heavy atom. The smallest absolute Gasteiger partial charge is 0.317 e. The minimum Gasteiger partial charge on any atom is -0.458 e. The van der Waals surface area contributed by atoms with Crippen LogP contribution in [0.1, 0.15) is 59.3 Å². The van der Waals surface area contributed by atoms with Crippen LogP contribution in [-0.2, 0) is 9.53 Å². The van der Waals surface area contributed by atoms with E-state index in [0.29, 0.717) is 12.3 Å². The van der Waals surface area contributed by atoms with Crippen molar-refractivity contribution in [3.8, 4) is 0 Å². The minimum absolute atomic E-state index is 0.268. The SMILES string of the molecule is CCC(C)(C=N)C(=O)OC1(C)C2CC3C[C@@H]1CC(O)(C3)C2. The molecule has 4 heteroatoms. The molecule has 0 aromatic rings. The Morgan fingerprint density at radius 2 is 1.95 bits per heavy atom. The van der Waals surface area contributed by atoms with Gasteiger partial charge in [-0.2, -0.15) is 0 Å². The highest BCUT2D eigenvalue weighted by atomic mass is 16.6. The van der Waals surface area contributed by atoms with Gasteiger partial charge in [0.25, 0.3) is 0 Å². The third-order valence-corrected chi connectivity index (χ3v) is 6.61. The van der Waals surface area contributed by atoms with Crippen LogP contribution >= 0.6 is 0 Å². The Hall–Kier alpha value is -0.900. The molecule has 0 spiro atoms. The van der Waals surface area contributed by atoms with Crippen LogP contribution in [0.2, 0.25) is 0 Å². The number of esters is 1. The van der Waals surface area contributed by atoms with Gasteiger partial charge in [-0.15, -0.1) is 0 Å². The Labute approximate surface area is 126 Å². The van der Waals surface area contributed by atoms with E-state index < -0.39 is 16.6 Å². The highest BCUT2D eigenvalue weighted by Crippen LogP contribution is 2.61. The maximum absolute atomic E-state index is 12.6. The number of hydrogen-bond acceptors (Lipinski definition) is 4. The normalized spacial score (nSPS) is 47.0. The van der Waals surface area contributed by atoms with Crippen LogP contribution in [0.3, 0.4) is 0 Å². The molecule has 4 saturated carbocycles. The number of rotatable bonds is 4. The summed E-state index contributed by atoms with van der Waals surface area (Å²) in [5, 5.41) is 18.2. The summed E-state index contributed by atoms with van der Waals surface area (Å²) in [4.78, 5) is 12.6. The van der Waals surface area contributed by atoms with E-state index in [1.165, 1.54) is 6.21 Å². The fraction of sp³-hybridized carbons (Fsp3) is 0.882. The van der Waals surface area contributed by atoms with Gasteiger partial charge in [0.15, 0.2) is 0 Å². The summed E-state index contributed by atoms with van der Waals surface area (Å²) >= 11 is 0. The number of hydrogen-bond donors (Lipinski definition) is 2. The molecule has 0 aromatic carbocycles. The van der Waals surface area contributed by atoms with Crippen molar-refractivity contribution in [2.45, 2.75) is 70.5 Å². The highest BCUT2D eigenvalue weighted by molar-refractivity contribution is 5.93. The lowest BCUT2D eigenvalue weighted by atomic mass is 9.48. The zero-order chi connectivity index (χ0) is 15.5. The van der Waals surface area contributed by atoms with Gasteiger partial charge in [-0.1, -0.05) is 6.92 Å². The van der Waals surface area contributed by atoms with Gasteiger partial charge in [0, 0.05) is 18.1 Å². The summed E-state index contributed by atoms with van der Waals surface area (Å²) in [6.07, 6.45) is 6.37. The van der Waals surface area contributed by atoms with Crippen molar-refractivity contribution in [2.75, 3.05) is 0 Å². The van der Waals surface area contributed by atoms with E-state index in [9.17, 15) is 9.90 Å². The largest absolute Gasteiger partial charge is 0.458 e. The van der Waals surface area contributed by atoms with Gasteiger partial charge in [-0.3, -0.25) is 4.79 Å². The van der Waals surface area contributed by atoms with Gasteiger partial charge in [0.05, 0.1) is 11.0 Å². The maximum Gasteiger partial charge on any atom is 0.317 e. The first-order valence-electron chi connectivity index (χ1n) is 8.22. The second kappa shape index (κ2) is 4.55. The molecule has 0 radical (unpaired) electrons. The third-order valence-electron chi connectivity index (χ3n) is 6.61. The van der Waals surface area contributed by atoms with Crippen molar-refractivity contribution in [1.29, 1.82) is 5.41 Å². The fourth-order valence-corrected chi connectivity index (χ4v) is 4.93. The topological polar surface area (TPSA) is 70.4 Å². The first kappa shape index (κ1) is 15.0. The number of carbonyl (C=O) groups is 1. The lowest BCUT2D eigenvalue weighted by Gasteiger charge is -2.62. The van der Waals surface area contributed by atoms with E-state index in [-0.39, 0.29) is 17.8 Å². The Morgan fingerprint density at radius 3 is 2.38 bits per heavy atom. The maximum atomic E-state index is 12.6. The molecule has 4 aliphatic carbocycles. The summed E-state index contributed by atoms with van der Waals surface area (Å²) in [7, 11) is 0. The standard InChI is InChI=1S/C17H27NO3/c1-4-15(2,10-18)14(19)21-16(3)12-5-11-6-13(16)9-17(20,7-11)8-12/h10-13,18,20H,4-9H2,1-3H3/t11?,12-,13?,15?,16?,17?/m1/s1. The monoisotopic (exact) mass is 293 g/mol. The molecule has 5 unspecified atom stereocenters. The summed E-state index contributed by atoms with van der Waals surface area (Å²) in [5.41, 5.74) is -1.80. The molecule has 118 valence electrons. The average Bonchev–Trinajstić information content (AvgIpc) is 2.42. The fourth-order valence-electron chi connectivity index (χ4n) is 4.93. The lowest BCUT2D eigenvalue weighted by Crippen LogP contribution is -2.64. The Kier molecular flexibility index (Phi) is 3.25. The van der Waals surface area contributed by atoms with Crippen LogP contribution in [0, 0.1) is 28.6 Å². The first-order valence-corrected chi connectivity index (χ1v) is 8.22. The lowest BCUT2D eigenvalue weighted by molar-refractivity contribution is -0.238. The van der Waals surface area contributed by atoms with E-state index in [1.807, 2.05) is 6.92 Å². The molecule has 4 aliphatic rings. The van der Waals surface area contributed by atoms with E-state index >= 15 is 0 Å².